The van der Waals surface area contributed by atoms with E-state index in [-0.39, 0.29) is 37.6 Å². The number of piperidine rings is 1. The molecule has 2 aromatic rings. The summed E-state index contributed by atoms with van der Waals surface area (Å²) in [5.74, 6) is -2.42. The Balaban J connectivity index is 1.71. The molecule has 8 nitrogen and oxygen atoms in total. The van der Waals surface area contributed by atoms with Crippen LogP contribution in [-0.4, -0.2) is 54.4 Å². The molecule has 0 radical (unpaired) electrons. The summed E-state index contributed by atoms with van der Waals surface area (Å²) < 4.78 is 90.1. The molecule has 4 rings (SSSR count). The zero-order chi connectivity index (χ0) is 27.5. The Hall–Kier alpha value is -3.32. The summed E-state index contributed by atoms with van der Waals surface area (Å²) >= 11 is 0. The fraction of sp³-hybridized carbons (Fsp3) is 0.400. The van der Waals surface area contributed by atoms with Gasteiger partial charge in [0.05, 0.1) is 24.3 Å². The number of nitrogens with zero attached hydrogens (tertiary/aromatic N) is 4. The molecule has 2 aliphatic rings. The summed E-state index contributed by atoms with van der Waals surface area (Å²) in [6.45, 7) is 5.59. The van der Waals surface area contributed by atoms with Crippen molar-refractivity contribution in [3.63, 3.8) is 0 Å². The molecule has 38 heavy (non-hydrogen) atoms. The van der Waals surface area contributed by atoms with Crippen molar-refractivity contribution < 1.29 is 30.7 Å². The number of fused-ring (bicyclic) bond motifs is 1. The van der Waals surface area contributed by atoms with E-state index in [0.717, 1.165) is 18.5 Å². The first-order valence-electron chi connectivity index (χ1n) is 11.9. The van der Waals surface area contributed by atoms with Crippen LogP contribution in [0.25, 0.3) is 0 Å². The third-order valence-corrected chi connectivity index (χ3v) is 7.98. The Morgan fingerprint density at radius 3 is 2.76 bits per heavy atom. The summed E-state index contributed by atoms with van der Waals surface area (Å²) in [7, 11) is -4.36. The number of hydrogen-bond acceptors (Lipinski definition) is 7. The zero-order valence-electron chi connectivity index (χ0n) is 20.5. The Labute approximate surface area is 218 Å². The van der Waals surface area contributed by atoms with Gasteiger partial charge in [0.1, 0.15) is 28.6 Å². The minimum absolute atomic E-state index is 0.0377. The van der Waals surface area contributed by atoms with Crippen molar-refractivity contribution in [2.45, 2.75) is 49.3 Å². The number of aliphatic imine (C=N–C) groups is 1. The van der Waals surface area contributed by atoms with E-state index >= 15 is 4.39 Å². The third-order valence-electron chi connectivity index (χ3n) is 6.61. The smallest absolute Gasteiger partial charge is 0.391 e. The average molecular weight is 554 g/mol. The highest BCUT2D eigenvalue weighted by Crippen LogP contribution is 2.44. The molecule has 204 valence electrons. The van der Waals surface area contributed by atoms with Crippen LogP contribution in [0, 0.1) is 11.7 Å². The Morgan fingerprint density at radius 1 is 1.32 bits per heavy atom. The molecule has 1 fully saturated rings. The second-order valence-electron chi connectivity index (χ2n) is 8.93. The van der Waals surface area contributed by atoms with Gasteiger partial charge in [-0.1, -0.05) is 12.7 Å². The van der Waals surface area contributed by atoms with Gasteiger partial charge in [0, 0.05) is 43.0 Å². The number of alkyl halides is 3. The minimum atomic E-state index is -4.36. The average Bonchev–Trinajstić information content (AvgIpc) is 2.87. The molecule has 1 unspecified atom stereocenters. The summed E-state index contributed by atoms with van der Waals surface area (Å²) in [6, 6.07) is 2.27. The van der Waals surface area contributed by atoms with Gasteiger partial charge in [-0.05, 0) is 38.0 Å². The fourth-order valence-corrected chi connectivity index (χ4v) is 6.01. The van der Waals surface area contributed by atoms with Crippen molar-refractivity contribution in [1.29, 1.82) is 0 Å². The lowest BCUT2D eigenvalue weighted by molar-refractivity contribution is -0.189. The van der Waals surface area contributed by atoms with Crippen LogP contribution in [0.2, 0.25) is 0 Å². The Kier molecular flexibility index (Phi) is 8.16. The SMILES string of the molecule is C=C/N=C(\C=C/C)[C@@H]1C[C@H](C(F)(F)F)CCN1C1CCOc2cc(S(=O)(=O)Nc3ccncn3)c(F)cc21. The first-order valence-corrected chi connectivity index (χ1v) is 13.4. The molecule has 1 aromatic carbocycles. The molecule has 1 saturated heterocycles. The van der Waals surface area contributed by atoms with E-state index in [2.05, 4.69) is 26.3 Å². The summed E-state index contributed by atoms with van der Waals surface area (Å²) in [5, 5.41) is 0. The van der Waals surface area contributed by atoms with E-state index < -0.39 is 44.9 Å². The first kappa shape index (κ1) is 27.7. The number of ether oxygens (including phenoxy) is 1. The highest BCUT2D eigenvalue weighted by atomic mass is 32.2. The van der Waals surface area contributed by atoms with Gasteiger partial charge in [-0.3, -0.25) is 14.6 Å². The number of hydrogen-bond donors (Lipinski definition) is 1. The van der Waals surface area contributed by atoms with Crippen LogP contribution in [-0.2, 0) is 10.0 Å². The van der Waals surface area contributed by atoms with Gasteiger partial charge < -0.3 is 4.74 Å². The molecule has 13 heteroatoms. The van der Waals surface area contributed by atoms with Crippen molar-refractivity contribution in [2.24, 2.45) is 10.9 Å². The molecule has 0 saturated carbocycles. The highest BCUT2D eigenvalue weighted by Gasteiger charge is 2.47. The number of benzene rings is 1. The number of aromatic nitrogens is 2. The predicted molar refractivity (Wildman–Crippen MR) is 134 cm³/mol. The maximum absolute atomic E-state index is 15.3. The number of nitrogens with one attached hydrogen (secondary N) is 1. The molecule has 0 aliphatic carbocycles. The number of likely N-dealkylation sites (tertiary alicyclic amines) is 1. The first-order chi connectivity index (χ1) is 18.0. The van der Waals surface area contributed by atoms with Crippen molar-refractivity contribution in [1.82, 2.24) is 14.9 Å². The molecule has 0 amide bonds. The van der Waals surface area contributed by atoms with E-state index in [1.54, 1.807) is 19.1 Å². The van der Waals surface area contributed by atoms with Crippen LogP contribution >= 0.6 is 0 Å². The number of anilines is 1. The molecule has 0 spiro atoms. The molecular formula is C25H27F4N5O3S. The lowest BCUT2D eigenvalue weighted by Crippen LogP contribution is -2.51. The maximum atomic E-state index is 15.3. The topological polar surface area (TPSA) is 96.8 Å². The summed E-state index contributed by atoms with van der Waals surface area (Å²) in [5.41, 5.74) is 0.779. The van der Waals surface area contributed by atoms with Crippen LogP contribution in [0.1, 0.15) is 37.8 Å². The Bertz CT molecular complexity index is 1330. The number of allylic oxidation sites excluding steroid dienone is 1. The van der Waals surface area contributed by atoms with Crippen molar-refractivity contribution in [3.05, 3.63) is 67.0 Å². The number of sulfonamides is 1. The highest BCUT2D eigenvalue weighted by molar-refractivity contribution is 7.92. The molecule has 3 atom stereocenters. The lowest BCUT2D eigenvalue weighted by Gasteiger charge is -2.45. The fourth-order valence-electron chi connectivity index (χ4n) is 4.93. The monoisotopic (exact) mass is 553 g/mol. The largest absolute Gasteiger partial charge is 0.493 e. The van der Waals surface area contributed by atoms with Crippen LogP contribution in [0.3, 0.4) is 0 Å². The minimum Gasteiger partial charge on any atom is -0.493 e. The van der Waals surface area contributed by atoms with Gasteiger partial charge in [-0.2, -0.15) is 13.2 Å². The molecular weight excluding hydrogens is 526 g/mol. The van der Waals surface area contributed by atoms with E-state index in [1.165, 1.54) is 18.5 Å². The van der Waals surface area contributed by atoms with Crippen molar-refractivity contribution in [3.8, 4) is 5.75 Å². The predicted octanol–water partition coefficient (Wildman–Crippen LogP) is 5.04. The second kappa shape index (κ2) is 11.2. The van der Waals surface area contributed by atoms with Crippen LogP contribution in [0.15, 0.2) is 65.5 Å². The Morgan fingerprint density at radius 2 is 2.11 bits per heavy atom. The molecule has 0 bridgehead atoms. The van der Waals surface area contributed by atoms with E-state index in [4.69, 9.17) is 4.74 Å². The van der Waals surface area contributed by atoms with Gasteiger partial charge >= 0.3 is 6.18 Å². The molecule has 3 heterocycles. The quantitative estimate of drug-likeness (QED) is 0.381. The zero-order valence-corrected chi connectivity index (χ0v) is 21.3. The number of halogens is 4. The van der Waals surface area contributed by atoms with E-state index in [9.17, 15) is 21.6 Å². The van der Waals surface area contributed by atoms with E-state index in [1.807, 2.05) is 4.90 Å². The van der Waals surface area contributed by atoms with Crippen LogP contribution < -0.4 is 9.46 Å². The summed E-state index contributed by atoms with van der Waals surface area (Å²) in [6.07, 6.45) is 2.77. The van der Waals surface area contributed by atoms with Crippen molar-refractivity contribution >= 4 is 21.6 Å². The second-order valence-corrected chi connectivity index (χ2v) is 10.6. The normalized spacial score (nSPS) is 23.1. The lowest BCUT2D eigenvalue weighted by atomic mass is 9.84. The molecule has 1 aromatic heterocycles. The third kappa shape index (κ3) is 5.88. The number of rotatable bonds is 7. The van der Waals surface area contributed by atoms with Crippen LogP contribution in [0.5, 0.6) is 5.75 Å². The standard InChI is InChI=1S/C25H27F4N5O3S/c1-3-5-19(31-4-2)21-12-16(25(27,28)29)7-10-34(21)20-8-11-37-22-14-23(18(26)13-17(20)22)38(35,36)33-24-6-9-30-15-32-24/h3-6,9,13-16,20-21H,2,7-8,10-12H2,1H3,(H,30,32,33)/b5-3-,31-19+/t16-,20?,21+/m1/s1. The van der Waals surface area contributed by atoms with Gasteiger partial charge in [0.25, 0.3) is 10.0 Å². The maximum Gasteiger partial charge on any atom is 0.391 e. The van der Waals surface area contributed by atoms with Crippen LogP contribution in [0.4, 0.5) is 23.4 Å². The van der Waals surface area contributed by atoms with Gasteiger partial charge in [0.15, 0.2) is 0 Å². The van der Waals surface area contributed by atoms with Crippen molar-refractivity contribution in [2.75, 3.05) is 17.9 Å². The molecule has 1 N–H and O–H groups in total. The van der Waals surface area contributed by atoms with Gasteiger partial charge in [-0.25, -0.2) is 22.8 Å². The van der Waals surface area contributed by atoms with Gasteiger partial charge in [-0.15, -0.1) is 0 Å². The summed E-state index contributed by atoms with van der Waals surface area (Å²) in [4.78, 5) is 13.0. The molecule has 2 aliphatic heterocycles. The van der Waals surface area contributed by atoms with E-state index in [0.29, 0.717) is 17.7 Å². The van der Waals surface area contributed by atoms with Gasteiger partial charge in [0.2, 0.25) is 0 Å².